The highest BCUT2D eigenvalue weighted by Crippen LogP contribution is 2.23. The molecule has 1 heterocycles. The number of aromatic nitrogens is 2. The molecular weight excluding hydrogens is 210 g/mol. The van der Waals surface area contributed by atoms with E-state index in [1.165, 1.54) is 6.33 Å². The number of nitrogens with one attached hydrogen (secondary N) is 1. The fourth-order valence-corrected chi connectivity index (χ4v) is 1.55. The quantitative estimate of drug-likeness (QED) is 0.806. The number of nitrogens with zero attached hydrogens (tertiary/aromatic N) is 2. The van der Waals surface area contributed by atoms with Crippen molar-refractivity contribution >= 4 is 17.4 Å². The minimum absolute atomic E-state index is 0.0137. The molecular formula is C11H18ClN3. The number of hydrogen-bond acceptors (Lipinski definition) is 3. The fourth-order valence-electron chi connectivity index (χ4n) is 1.33. The first-order valence-corrected chi connectivity index (χ1v) is 5.59. The van der Waals surface area contributed by atoms with Gasteiger partial charge in [0.15, 0.2) is 0 Å². The molecule has 0 aromatic carbocycles. The first kappa shape index (κ1) is 12.2. The minimum atomic E-state index is -0.0137. The molecule has 84 valence electrons. The van der Waals surface area contributed by atoms with Gasteiger partial charge in [0.05, 0.1) is 0 Å². The first-order chi connectivity index (χ1) is 6.94. The Bertz CT molecular complexity index is 331. The van der Waals surface area contributed by atoms with Crippen LogP contribution in [0.3, 0.4) is 0 Å². The maximum Gasteiger partial charge on any atom is 0.137 e. The van der Waals surface area contributed by atoms with Gasteiger partial charge in [-0.05, 0) is 27.2 Å². The van der Waals surface area contributed by atoms with Gasteiger partial charge in [-0.3, -0.25) is 0 Å². The van der Waals surface area contributed by atoms with Gasteiger partial charge in [0.1, 0.15) is 17.3 Å². The van der Waals surface area contributed by atoms with Crippen LogP contribution in [0, 0.1) is 0 Å². The molecule has 0 radical (unpaired) electrons. The molecule has 0 bridgehead atoms. The van der Waals surface area contributed by atoms with Crippen LogP contribution in [0.1, 0.15) is 39.7 Å². The van der Waals surface area contributed by atoms with Gasteiger partial charge in [-0.25, -0.2) is 9.97 Å². The Morgan fingerprint density at radius 3 is 2.53 bits per heavy atom. The second kappa shape index (κ2) is 4.79. The number of hydrogen-bond donors (Lipinski definition) is 1. The highest BCUT2D eigenvalue weighted by Gasteiger charge is 2.15. The Balaban J connectivity index is 3.00. The second-order valence-electron chi connectivity index (χ2n) is 4.62. The number of anilines is 1. The van der Waals surface area contributed by atoms with E-state index in [4.69, 9.17) is 11.6 Å². The number of halogens is 1. The zero-order valence-electron chi connectivity index (χ0n) is 9.76. The molecule has 1 aromatic rings. The van der Waals surface area contributed by atoms with Crippen LogP contribution in [0.15, 0.2) is 6.33 Å². The Morgan fingerprint density at radius 1 is 1.33 bits per heavy atom. The van der Waals surface area contributed by atoms with E-state index in [0.717, 1.165) is 24.2 Å². The van der Waals surface area contributed by atoms with E-state index < -0.39 is 0 Å². The van der Waals surface area contributed by atoms with Crippen molar-refractivity contribution in [3.8, 4) is 0 Å². The largest absolute Gasteiger partial charge is 0.365 e. The van der Waals surface area contributed by atoms with Crippen LogP contribution in [0.4, 0.5) is 5.82 Å². The molecule has 0 saturated heterocycles. The molecule has 0 atom stereocenters. The van der Waals surface area contributed by atoms with Crippen LogP contribution in [0.2, 0.25) is 5.15 Å². The third-order valence-electron chi connectivity index (χ3n) is 1.89. The van der Waals surface area contributed by atoms with Gasteiger partial charge in [-0.2, -0.15) is 0 Å². The molecule has 1 N–H and O–H groups in total. The molecule has 0 fully saturated rings. The Labute approximate surface area is 96.3 Å². The summed E-state index contributed by atoms with van der Waals surface area (Å²) in [4.78, 5) is 8.24. The SMILES string of the molecule is CCCc1c(Cl)ncnc1NC(C)(C)C. The molecule has 0 spiro atoms. The average Bonchev–Trinajstić information content (AvgIpc) is 2.08. The van der Waals surface area contributed by atoms with E-state index in [2.05, 4.69) is 43.0 Å². The normalized spacial score (nSPS) is 11.5. The smallest absolute Gasteiger partial charge is 0.137 e. The summed E-state index contributed by atoms with van der Waals surface area (Å²) in [5.41, 5.74) is 0.997. The monoisotopic (exact) mass is 227 g/mol. The summed E-state index contributed by atoms with van der Waals surface area (Å²) >= 11 is 6.05. The zero-order chi connectivity index (χ0) is 11.5. The van der Waals surface area contributed by atoms with Crippen molar-refractivity contribution in [2.75, 3.05) is 5.32 Å². The molecule has 0 aliphatic rings. The van der Waals surface area contributed by atoms with E-state index in [9.17, 15) is 0 Å². The zero-order valence-corrected chi connectivity index (χ0v) is 10.5. The standard InChI is InChI=1S/C11H18ClN3/c1-5-6-8-9(12)13-7-14-10(8)15-11(2,3)4/h7H,5-6H2,1-4H3,(H,13,14,15). The molecule has 0 amide bonds. The van der Waals surface area contributed by atoms with Crippen molar-refractivity contribution < 1.29 is 0 Å². The van der Waals surface area contributed by atoms with E-state index in [1.807, 2.05) is 0 Å². The van der Waals surface area contributed by atoms with Crippen LogP contribution < -0.4 is 5.32 Å². The predicted molar refractivity (Wildman–Crippen MR) is 64.4 cm³/mol. The van der Waals surface area contributed by atoms with Gasteiger partial charge in [0.2, 0.25) is 0 Å². The lowest BCUT2D eigenvalue weighted by Crippen LogP contribution is -2.27. The molecule has 0 unspecified atom stereocenters. The van der Waals surface area contributed by atoms with Gasteiger partial charge in [0.25, 0.3) is 0 Å². The van der Waals surface area contributed by atoms with E-state index in [0.29, 0.717) is 5.15 Å². The molecule has 15 heavy (non-hydrogen) atoms. The predicted octanol–water partition coefficient (Wildman–Crippen LogP) is 3.29. The lowest BCUT2D eigenvalue weighted by molar-refractivity contribution is 0.627. The van der Waals surface area contributed by atoms with E-state index in [-0.39, 0.29) is 5.54 Å². The minimum Gasteiger partial charge on any atom is -0.365 e. The van der Waals surface area contributed by atoms with E-state index in [1.54, 1.807) is 0 Å². The van der Waals surface area contributed by atoms with E-state index >= 15 is 0 Å². The average molecular weight is 228 g/mol. The molecule has 1 aromatic heterocycles. The molecule has 4 heteroatoms. The molecule has 1 rings (SSSR count). The van der Waals surface area contributed by atoms with Gasteiger partial charge in [-0.1, -0.05) is 24.9 Å². The molecule has 0 aliphatic carbocycles. The topological polar surface area (TPSA) is 37.8 Å². The summed E-state index contributed by atoms with van der Waals surface area (Å²) in [7, 11) is 0. The van der Waals surface area contributed by atoms with Crippen molar-refractivity contribution in [3.05, 3.63) is 17.0 Å². The van der Waals surface area contributed by atoms with Gasteiger partial charge >= 0.3 is 0 Å². The summed E-state index contributed by atoms with van der Waals surface area (Å²) in [5.74, 6) is 0.851. The van der Waals surface area contributed by atoms with Crippen molar-refractivity contribution in [1.29, 1.82) is 0 Å². The van der Waals surface area contributed by atoms with Crippen molar-refractivity contribution in [2.45, 2.75) is 46.1 Å². The molecule has 0 saturated carbocycles. The van der Waals surface area contributed by atoms with Crippen LogP contribution in [0.25, 0.3) is 0 Å². The Kier molecular flexibility index (Phi) is 3.91. The van der Waals surface area contributed by atoms with Gasteiger partial charge in [-0.15, -0.1) is 0 Å². The highest BCUT2D eigenvalue weighted by atomic mass is 35.5. The van der Waals surface area contributed by atoms with Crippen LogP contribution >= 0.6 is 11.6 Å². The van der Waals surface area contributed by atoms with Crippen LogP contribution in [0.5, 0.6) is 0 Å². The fraction of sp³-hybridized carbons (Fsp3) is 0.636. The lowest BCUT2D eigenvalue weighted by atomic mass is 10.1. The first-order valence-electron chi connectivity index (χ1n) is 5.21. The maximum absolute atomic E-state index is 6.05. The summed E-state index contributed by atoms with van der Waals surface area (Å²) < 4.78 is 0. The summed E-state index contributed by atoms with van der Waals surface area (Å²) in [6.45, 7) is 8.40. The van der Waals surface area contributed by atoms with Gasteiger partial charge < -0.3 is 5.32 Å². The molecule has 0 aliphatic heterocycles. The van der Waals surface area contributed by atoms with Crippen molar-refractivity contribution in [1.82, 2.24) is 9.97 Å². The maximum atomic E-state index is 6.05. The van der Waals surface area contributed by atoms with Gasteiger partial charge in [0, 0.05) is 11.1 Å². The third-order valence-corrected chi connectivity index (χ3v) is 2.21. The Hall–Kier alpha value is -0.830. The lowest BCUT2D eigenvalue weighted by Gasteiger charge is -2.23. The summed E-state index contributed by atoms with van der Waals surface area (Å²) in [6, 6.07) is 0. The van der Waals surface area contributed by atoms with Crippen LogP contribution in [-0.2, 0) is 6.42 Å². The highest BCUT2D eigenvalue weighted by molar-refractivity contribution is 6.30. The summed E-state index contributed by atoms with van der Waals surface area (Å²) in [6.07, 6.45) is 3.43. The summed E-state index contributed by atoms with van der Waals surface area (Å²) in [5, 5.41) is 3.89. The second-order valence-corrected chi connectivity index (χ2v) is 4.97. The van der Waals surface area contributed by atoms with Crippen molar-refractivity contribution in [3.63, 3.8) is 0 Å². The number of rotatable bonds is 3. The Morgan fingerprint density at radius 2 is 2.00 bits per heavy atom. The van der Waals surface area contributed by atoms with Crippen molar-refractivity contribution in [2.24, 2.45) is 0 Å². The van der Waals surface area contributed by atoms with Crippen LogP contribution in [-0.4, -0.2) is 15.5 Å². The molecule has 3 nitrogen and oxygen atoms in total. The third kappa shape index (κ3) is 3.67.